The highest BCUT2D eigenvalue weighted by molar-refractivity contribution is 4.24. The van der Waals surface area contributed by atoms with E-state index in [1.807, 2.05) is 0 Å². The van der Waals surface area contributed by atoms with Gasteiger partial charge in [-0.2, -0.15) is 0 Å². The maximum absolute atomic E-state index is 2.21. The highest BCUT2D eigenvalue weighted by atomic mass is 13.7. The molecule has 0 aliphatic rings. The van der Waals surface area contributed by atoms with Crippen LogP contribution in [0.5, 0.6) is 0 Å². The maximum Gasteiger partial charge on any atom is -0.0500 e. The molecule has 0 rings (SSSR count). The maximum atomic E-state index is 2.21. The first-order valence-electron chi connectivity index (χ1n) is 4.15. The summed E-state index contributed by atoms with van der Waals surface area (Å²) in [6.07, 6.45) is 4.08. The molecule has 0 saturated heterocycles. The van der Waals surface area contributed by atoms with Gasteiger partial charge in [0.1, 0.15) is 0 Å². The number of hydrogen-bond acceptors (Lipinski definition) is 0. The zero-order valence-electron chi connectivity index (χ0n) is 7.70. The van der Waals surface area contributed by atoms with Crippen molar-refractivity contribution >= 4 is 0 Å². The van der Waals surface area contributed by atoms with E-state index >= 15 is 0 Å². The van der Waals surface area contributed by atoms with Crippen LogP contribution in [0, 0.1) is 5.92 Å². The molecule has 0 N–H and O–H groups in total. The van der Waals surface area contributed by atoms with E-state index in [-0.39, 0.29) is 0 Å². The van der Waals surface area contributed by atoms with Crippen molar-refractivity contribution in [1.82, 2.24) is 0 Å². The highest BCUT2D eigenvalue weighted by Crippen LogP contribution is 1.88. The zero-order valence-corrected chi connectivity index (χ0v) is 7.70. The summed E-state index contributed by atoms with van der Waals surface area (Å²) in [7, 11) is 0. The predicted molar refractivity (Wildman–Crippen MR) is 45.7 cm³/mol. The molecule has 9 heavy (non-hydrogen) atoms. The minimum atomic E-state index is 0.833. The van der Waals surface area contributed by atoms with Crippen LogP contribution in [0.1, 0.15) is 53.9 Å². The molecule has 0 atom stereocenters. The van der Waals surface area contributed by atoms with E-state index in [4.69, 9.17) is 0 Å². The Morgan fingerprint density at radius 1 is 0.889 bits per heavy atom. The lowest BCUT2D eigenvalue weighted by Gasteiger charge is -1.79. The van der Waals surface area contributed by atoms with Crippen LogP contribution in [-0.4, -0.2) is 0 Å². The molecule has 0 aromatic heterocycles. The lowest BCUT2D eigenvalue weighted by atomic mass is 10.3. The quantitative estimate of drug-likeness (QED) is 0.532. The third-order valence-electron chi connectivity index (χ3n) is 0.707. The van der Waals surface area contributed by atoms with Gasteiger partial charge in [-0.05, 0) is 5.92 Å². The van der Waals surface area contributed by atoms with Crippen LogP contribution in [0.25, 0.3) is 0 Å². The van der Waals surface area contributed by atoms with Crippen molar-refractivity contribution < 1.29 is 0 Å². The Kier molecular flexibility index (Phi) is 14.2. The Morgan fingerprint density at radius 2 is 1.11 bits per heavy atom. The molecule has 0 heterocycles. The second-order valence-electron chi connectivity index (χ2n) is 3.09. The van der Waals surface area contributed by atoms with E-state index < -0.39 is 0 Å². The van der Waals surface area contributed by atoms with Crippen molar-refractivity contribution in [1.29, 1.82) is 0 Å². The van der Waals surface area contributed by atoms with Crippen LogP contribution >= 0.6 is 0 Å². The molecule has 0 unspecified atom stereocenters. The fourth-order valence-electron chi connectivity index (χ4n) is 0.354. The van der Waals surface area contributed by atoms with Gasteiger partial charge in [0.2, 0.25) is 0 Å². The second-order valence-corrected chi connectivity index (χ2v) is 3.09. The lowest BCUT2D eigenvalue weighted by molar-refractivity contribution is 0.737. The first-order chi connectivity index (χ1) is 4.15. The van der Waals surface area contributed by atoms with Gasteiger partial charge >= 0.3 is 0 Å². The topological polar surface area (TPSA) is 0 Å². The molecule has 0 bridgehead atoms. The lowest BCUT2D eigenvalue weighted by Crippen LogP contribution is -1.66. The number of rotatable bonds is 2. The smallest absolute Gasteiger partial charge is 0.0500 e. The van der Waals surface area contributed by atoms with E-state index in [1.54, 1.807) is 0 Å². The van der Waals surface area contributed by atoms with Gasteiger partial charge in [0.15, 0.2) is 0 Å². The van der Waals surface area contributed by atoms with Crippen molar-refractivity contribution in [3.8, 4) is 0 Å². The number of hydrogen-bond donors (Lipinski definition) is 0. The monoisotopic (exact) mass is 130 g/mol. The molecule has 0 aromatic carbocycles. The van der Waals surface area contributed by atoms with Crippen LogP contribution in [-0.2, 0) is 0 Å². The fourth-order valence-corrected chi connectivity index (χ4v) is 0.354. The first kappa shape index (κ1) is 11.8. The van der Waals surface area contributed by atoms with Gasteiger partial charge in [-0.3, -0.25) is 0 Å². The third kappa shape index (κ3) is 72.0. The third-order valence-corrected chi connectivity index (χ3v) is 0.707. The molecule has 0 aliphatic heterocycles. The molecule has 0 amide bonds. The average Bonchev–Trinajstić information content (AvgIpc) is 1.66. The zero-order chi connectivity index (χ0) is 7.70. The molecular weight excluding hydrogens is 108 g/mol. The van der Waals surface area contributed by atoms with E-state index in [2.05, 4.69) is 34.6 Å². The molecule has 0 spiro atoms. The Hall–Kier alpha value is 0. The largest absolute Gasteiger partial charge is 0.0654 e. The summed E-state index contributed by atoms with van der Waals surface area (Å²) in [5.74, 6) is 0.833. The molecule has 58 valence electrons. The van der Waals surface area contributed by atoms with Gasteiger partial charge in [0.25, 0.3) is 0 Å². The van der Waals surface area contributed by atoms with Crippen LogP contribution < -0.4 is 0 Å². The predicted octanol–water partition coefficient (Wildman–Crippen LogP) is 3.86. The van der Waals surface area contributed by atoms with Crippen molar-refractivity contribution in [2.75, 3.05) is 0 Å². The standard InChI is InChI=1S/C5H12.C4H10/c1-3-5-4-2;1-4(2)3/h3-5H2,1-2H3;4H,1-3H3. The number of unbranched alkanes of at least 4 members (excludes halogenated alkanes) is 2. The molecule has 0 saturated carbocycles. The van der Waals surface area contributed by atoms with Crippen molar-refractivity contribution in [3.05, 3.63) is 0 Å². The summed E-state index contributed by atoms with van der Waals surface area (Å²) in [5, 5.41) is 0. The first-order valence-corrected chi connectivity index (χ1v) is 4.15. The molecule has 0 aliphatic carbocycles. The van der Waals surface area contributed by atoms with Crippen LogP contribution in [0.15, 0.2) is 0 Å². The van der Waals surface area contributed by atoms with Crippen LogP contribution in [0.4, 0.5) is 0 Å². The SMILES string of the molecule is CC(C)C.CCCCC. The highest BCUT2D eigenvalue weighted by Gasteiger charge is 1.68. The van der Waals surface area contributed by atoms with Gasteiger partial charge in [0, 0.05) is 0 Å². The van der Waals surface area contributed by atoms with Gasteiger partial charge < -0.3 is 0 Å². The Balaban J connectivity index is 0. The van der Waals surface area contributed by atoms with Crippen molar-refractivity contribution in [3.63, 3.8) is 0 Å². The van der Waals surface area contributed by atoms with Crippen molar-refractivity contribution in [2.45, 2.75) is 53.9 Å². The minimum Gasteiger partial charge on any atom is -0.0654 e. The molecule has 0 radical (unpaired) electrons. The Labute approximate surface area is 60.7 Å². The van der Waals surface area contributed by atoms with E-state index in [0.717, 1.165) is 5.92 Å². The molecular formula is C9H22. The van der Waals surface area contributed by atoms with Gasteiger partial charge in [-0.1, -0.05) is 53.9 Å². The van der Waals surface area contributed by atoms with Crippen molar-refractivity contribution in [2.24, 2.45) is 5.92 Å². The van der Waals surface area contributed by atoms with Crippen LogP contribution in [0.2, 0.25) is 0 Å². The molecule has 0 nitrogen and oxygen atoms in total. The molecule has 0 fully saturated rings. The van der Waals surface area contributed by atoms with E-state index in [9.17, 15) is 0 Å². The van der Waals surface area contributed by atoms with Crippen LogP contribution in [0.3, 0.4) is 0 Å². The van der Waals surface area contributed by atoms with Gasteiger partial charge in [-0.25, -0.2) is 0 Å². The summed E-state index contributed by atoms with van der Waals surface area (Å²) < 4.78 is 0. The Morgan fingerprint density at radius 3 is 1.11 bits per heavy atom. The summed E-state index contributed by atoms with van der Waals surface area (Å²) >= 11 is 0. The van der Waals surface area contributed by atoms with E-state index in [1.165, 1.54) is 19.3 Å². The molecule has 0 heteroatoms. The average molecular weight is 130 g/mol. The fraction of sp³-hybridized carbons (Fsp3) is 1.00. The summed E-state index contributed by atoms with van der Waals surface area (Å²) in [6.45, 7) is 10.9. The normalized spacial score (nSPS) is 8.67. The summed E-state index contributed by atoms with van der Waals surface area (Å²) in [4.78, 5) is 0. The second kappa shape index (κ2) is 10.9. The summed E-state index contributed by atoms with van der Waals surface area (Å²) in [5.41, 5.74) is 0. The van der Waals surface area contributed by atoms with Gasteiger partial charge in [0.05, 0.1) is 0 Å². The minimum absolute atomic E-state index is 0.833. The van der Waals surface area contributed by atoms with E-state index in [0.29, 0.717) is 0 Å². The summed E-state index contributed by atoms with van der Waals surface area (Å²) in [6, 6.07) is 0. The molecule has 0 aromatic rings. The Bertz CT molecular complexity index is 24.3. The van der Waals surface area contributed by atoms with Gasteiger partial charge in [-0.15, -0.1) is 0 Å².